The maximum absolute atomic E-state index is 11.6. The van der Waals surface area contributed by atoms with Gasteiger partial charge in [0.25, 0.3) is 0 Å². The van der Waals surface area contributed by atoms with Gasteiger partial charge in [-0.1, -0.05) is 12.1 Å². The summed E-state index contributed by atoms with van der Waals surface area (Å²) in [6.45, 7) is 2.49. The summed E-state index contributed by atoms with van der Waals surface area (Å²) in [6.07, 6.45) is 0. The molecule has 0 N–H and O–H groups in total. The Labute approximate surface area is 109 Å². The first kappa shape index (κ1) is 12.6. The molecular weight excluding hydrogens is 250 g/mol. The molecule has 0 aliphatic rings. The van der Waals surface area contributed by atoms with Crippen LogP contribution in [0.5, 0.6) is 5.75 Å². The lowest BCUT2D eigenvalue weighted by Gasteiger charge is -2.09. The van der Waals surface area contributed by atoms with E-state index in [0.29, 0.717) is 12.3 Å². The fourth-order valence-corrected chi connectivity index (χ4v) is 2.42. The van der Waals surface area contributed by atoms with E-state index < -0.39 is 5.97 Å². The minimum atomic E-state index is -0.433. The Hall–Kier alpha value is -1.88. The molecule has 5 heteroatoms. The summed E-state index contributed by atoms with van der Waals surface area (Å²) in [5.74, 6) is 0.312. The van der Waals surface area contributed by atoms with Crippen LogP contribution in [-0.2, 0) is 4.74 Å². The molecule has 0 saturated heterocycles. The minimum Gasteiger partial charge on any atom is -0.493 e. The first-order valence-corrected chi connectivity index (χ1v) is 6.40. The van der Waals surface area contributed by atoms with Crippen LogP contribution in [-0.4, -0.2) is 24.7 Å². The summed E-state index contributed by atoms with van der Waals surface area (Å²) in [5.41, 5.74) is 2.82. The summed E-state index contributed by atoms with van der Waals surface area (Å²) >= 11 is 1.39. The maximum Gasteiger partial charge on any atom is 0.358 e. The Bertz CT molecular complexity index is 551. The van der Waals surface area contributed by atoms with Crippen molar-refractivity contribution in [1.82, 2.24) is 4.98 Å². The van der Waals surface area contributed by atoms with E-state index in [9.17, 15) is 4.79 Å². The van der Waals surface area contributed by atoms with Gasteiger partial charge in [-0.05, 0) is 19.1 Å². The van der Waals surface area contributed by atoms with Gasteiger partial charge in [0.05, 0.1) is 24.1 Å². The van der Waals surface area contributed by atoms with E-state index >= 15 is 0 Å². The van der Waals surface area contributed by atoms with Crippen molar-refractivity contribution < 1.29 is 14.3 Å². The second kappa shape index (κ2) is 5.64. The van der Waals surface area contributed by atoms with Crippen molar-refractivity contribution in [3.8, 4) is 16.2 Å². The van der Waals surface area contributed by atoms with Crippen LogP contribution < -0.4 is 4.74 Å². The van der Waals surface area contributed by atoms with Crippen molar-refractivity contribution in [1.29, 1.82) is 0 Å². The number of aromatic nitrogens is 1. The summed E-state index contributed by atoms with van der Waals surface area (Å²) in [5, 5.41) is 0. The molecule has 4 nitrogen and oxygen atoms in total. The second-order valence-corrected chi connectivity index (χ2v) is 4.31. The van der Waals surface area contributed by atoms with Gasteiger partial charge >= 0.3 is 5.97 Å². The number of carbonyl (C=O) groups excluding carboxylic acids is 1. The van der Waals surface area contributed by atoms with Gasteiger partial charge in [-0.2, -0.15) is 0 Å². The molecule has 0 amide bonds. The van der Waals surface area contributed by atoms with Crippen molar-refractivity contribution in [2.75, 3.05) is 13.7 Å². The van der Waals surface area contributed by atoms with Crippen molar-refractivity contribution in [2.24, 2.45) is 0 Å². The van der Waals surface area contributed by atoms with E-state index in [4.69, 9.17) is 9.47 Å². The van der Waals surface area contributed by atoms with Crippen LogP contribution in [0.25, 0.3) is 10.4 Å². The monoisotopic (exact) mass is 263 g/mol. The van der Waals surface area contributed by atoms with Crippen LogP contribution in [0, 0.1) is 0 Å². The molecule has 0 aliphatic heterocycles. The maximum atomic E-state index is 11.6. The van der Waals surface area contributed by atoms with E-state index in [1.54, 1.807) is 5.51 Å². The zero-order valence-corrected chi connectivity index (χ0v) is 11.0. The number of para-hydroxylation sites is 1. The lowest BCUT2D eigenvalue weighted by atomic mass is 10.1. The predicted octanol–water partition coefficient (Wildman–Crippen LogP) is 3.00. The third-order valence-corrected chi connectivity index (χ3v) is 3.24. The molecule has 2 rings (SSSR count). The number of ether oxygens (including phenoxy) is 2. The Morgan fingerprint density at radius 2 is 2.17 bits per heavy atom. The Morgan fingerprint density at radius 1 is 1.39 bits per heavy atom. The topological polar surface area (TPSA) is 48.4 Å². The first-order chi connectivity index (χ1) is 8.77. The standard InChI is InChI=1S/C13H13NO3S/c1-3-17-10-7-5-4-6-9(10)12-11(13(15)16-2)14-8-18-12/h4-8H,3H2,1-2H3. The van der Waals surface area contributed by atoms with E-state index in [1.165, 1.54) is 18.4 Å². The molecule has 0 fully saturated rings. The summed E-state index contributed by atoms with van der Waals surface area (Å²) < 4.78 is 10.3. The van der Waals surface area contributed by atoms with Crippen molar-refractivity contribution in [2.45, 2.75) is 6.92 Å². The molecule has 0 aliphatic carbocycles. The number of methoxy groups -OCH3 is 1. The third-order valence-electron chi connectivity index (χ3n) is 2.38. The van der Waals surface area contributed by atoms with E-state index in [-0.39, 0.29) is 0 Å². The van der Waals surface area contributed by atoms with Crippen LogP contribution >= 0.6 is 11.3 Å². The molecular formula is C13H13NO3S. The third kappa shape index (κ3) is 2.36. The number of nitrogens with zero attached hydrogens (tertiary/aromatic N) is 1. The number of hydrogen-bond donors (Lipinski definition) is 0. The molecule has 1 aromatic heterocycles. The largest absolute Gasteiger partial charge is 0.493 e. The lowest BCUT2D eigenvalue weighted by molar-refractivity contribution is 0.0596. The molecule has 0 bridgehead atoms. The zero-order chi connectivity index (χ0) is 13.0. The highest BCUT2D eigenvalue weighted by Crippen LogP contribution is 2.35. The van der Waals surface area contributed by atoms with Gasteiger partial charge in [0, 0.05) is 5.56 Å². The van der Waals surface area contributed by atoms with Crippen LogP contribution in [0.15, 0.2) is 29.8 Å². The highest BCUT2D eigenvalue weighted by Gasteiger charge is 2.19. The van der Waals surface area contributed by atoms with Crippen molar-refractivity contribution in [3.63, 3.8) is 0 Å². The number of thiazole rings is 1. The Morgan fingerprint density at radius 3 is 2.89 bits per heavy atom. The van der Waals surface area contributed by atoms with Gasteiger partial charge in [-0.25, -0.2) is 9.78 Å². The molecule has 0 saturated carbocycles. The number of esters is 1. The highest BCUT2D eigenvalue weighted by molar-refractivity contribution is 7.13. The van der Waals surface area contributed by atoms with Crippen molar-refractivity contribution >= 4 is 17.3 Å². The fraction of sp³-hybridized carbons (Fsp3) is 0.231. The molecule has 0 spiro atoms. The van der Waals surface area contributed by atoms with Crippen LogP contribution in [0.2, 0.25) is 0 Å². The molecule has 0 radical (unpaired) electrons. The average Bonchev–Trinajstić information content (AvgIpc) is 2.88. The molecule has 18 heavy (non-hydrogen) atoms. The number of hydrogen-bond acceptors (Lipinski definition) is 5. The minimum absolute atomic E-state index is 0.328. The lowest BCUT2D eigenvalue weighted by Crippen LogP contribution is -2.03. The molecule has 0 unspecified atom stereocenters. The highest BCUT2D eigenvalue weighted by atomic mass is 32.1. The molecule has 94 valence electrons. The first-order valence-electron chi connectivity index (χ1n) is 5.52. The second-order valence-electron chi connectivity index (χ2n) is 3.45. The van der Waals surface area contributed by atoms with E-state index in [1.807, 2.05) is 31.2 Å². The molecule has 1 heterocycles. The smallest absolute Gasteiger partial charge is 0.358 e. The van der Waals surface area contributed by atoms with Gasteiger partial charge in [-0.15, -0.1) is 11.3 Å². The van der Waals surface area contributed by atoms with Crippen LogP contribution in [0.1, 0.15) is 17.4 Å². The van der Waals surface area contributed by atoms with Gasteiger partial charge in [0.2, 0.25) is 0 Å². The predicted molar refractivity (Wildman–Crippen MR) is 70.1 cm³/mol. The summed E-state index contributed by atoms with van der Waals surface area (Å²) in [7, 11) is 1.35. The molecule has 2 aromatic rings. The van der Waals surface area contributed by atoms with Crippen LogP contribution in [0.4, 0.5) is 0 Å². The fourth-order valence-electron chi connectivity index (χ4n) is 1.61. The number of rotatable bonds is 4. The van der Waals surface area contributed by atoms with Crippen LogP contribution in [0.3, 0.4) is 0 Å². The molecule has 1 aromatic carbocycles. The van der Waals surface area contributed by atoms with Gasteiger partial charge in [-0.3, -0.25) is 0 Å². The molecule has 0 atom stereocenters. The normalized spacial score (nSPS) is 10.1. The van der Waals surface area contributed by atoms with Gasteiger partial charge < -0.3 is 9.47 Å². The van der Waals surface area contributed by atoms with Gasteiger partial charge in [0.15, 0.2) is 5.69 Å². The quantitative estimate of drug-likeness (QED) is 0.796. The Balaban J connectivity index is 2.49. The zero-order valence-electron chi connectivity index (χ0n) is 10.2. The summed E-state index contributed by atoms with van der Waals surface area (Å²) in [4.78, 5) is 16.4. The number of benzene rings is 1. The number of carbonyl (C=O) groups is 1. The SMILES string of the molecule is CCOc1ccccc1-c1scnc1C(=O)OC. The Kier molecular flexibility index (Phi) is 3.94. The van der Waals surface area contributed by atoms with E-state index in [0.717, 1.165) is 16.2 Å². The van der Waals surface area contributed by atoms with E-state index in [2.05, 4.69) is 4.98 Å². The van der Waals surface area contributed by atoms with Gasteiger partial charge in [0.1, 0.15) is 5.75 Å². The average molecular weight is 263 g/mol. The summed E-state index contributed by atoms with van der Waals surface area (Å²) in [6, 6.07) is 7.58. The van der Waals surface area contributed by atoms with Crippen molar-refractivity contribution in [3.05, 3.63) is 35.5 Å².